The number of esters is 1. The van der Waals surface area contributed by atoms with E-state index in [1.165, 1.54) is 0 Å². The Balaban J connectivity index is 1.95. The van der Waals surface area contributed by atoms with Crippen molar-refractivity contribution in [3.63, 3.8) is 0 Å². The maximum atomic E-state index is 11.2. The van der Waals surface area contributed by atoms with Gasteiger partial charge in [0.25, 0.3) is 0 Å². The molecule has 2 bridgehead atoms. The smallest absolute Gasteiger partial charge is 0.309 e. The lowest BCUT2D eigenvalue weighted by Gasteiger charge is -2.37. The average Bonchev–Trinajstić information content (AvgIpc) is 2.70. The van der Waals surface area contributed by atoms with E-state index in [0.717, 1.165) is 12.8 Å². The predicted octanol–water partition coefficient (Wildman–Crippen LogP) is 0.182. The van der Waals surface area contributed by atoms with Crippen LogP contribution in [-0.4, -0.2) is 35.4 Å². The van der Waals surface area contributed by atoms with Crippen LogP contribution in [0.2, 0.25) is 0 Å². The zero-order valence-electron chi connectivity index (χ0n) is 8.14. The van der Waals surface area contributed by atoms with E-state index in [4.69, 9.17) is 14.6 Å². The summed E-state index contributed by atoms with van der Waals surface area (Å²) in [5.41, 5.74) is -0.484. The Morgan fingerprint density at radius 2 is 2.33 bits per heavy atom. The van der Waals surface area contributed by atoms with Crippen molar-refractivity contribution in [1.29, 1.82) is 0 Å². The van der Waals surface area contributed by atoms with Gasteiger partial charge in [-0.3, -0.25) is 9.59 Å². The monoisotopic (exact) mass is 212 g/mol. The van der Waals surface area contributed by atoms with E-state index in [1.54, 1.807) is 0 Å². The molecule has 4 atom stereocenters. The molecule has 0 aromatic heterocycles. The standard InChI is InChI=1S/C10H12O5/c11-7-3-5-8(9(12)13)6-1-2-10(5,15-6)4-14-7/h5-6,8H,1-4H2,(H,12,13)/t5-,6-,8+,10-/m1/s1. The number of rotatable bonds is 1. The van der Waals surface area contributed by atoms with Crippen molar-refractivity contribution in [2.45, 2.75) is 31.0 Å². The molecular formula is C10H12O5. The lowest BCUT2D eigenvalue weighted by molar-refractivity contribution is -0.167. The van der Waals surface area contributed by atoms with Crippen molar-refractivity contribution < 1.29 is 24.2 Å². The van der Waals surface area contributed by atoms with Gasteiger partial charge in [0.15, 0.2) is 0 Å². The number of ether oxygens (including phenoxy) is 2. The molecule has 82 valence electrons. The van der Waals surface area contributed by atoms with Crippen LogP contribution in [-0.2, 0) is 19.1 Å². The number of hydrogen-bond acceptors (Lipinski definition) is 4. The molecule has 0 amide bonds. The molecule has 0 unspecified atom stereocenters. The number of carboxylic acid groups (broad SMARTS) is 1. The second-order valence-corrected chi connectivity index (χ2v) is 4.60. The molecule has 3 fully saturated rings. The third kappa shape index (κ3) is 1.07. The number of hydrogen-bond donors (Lipinski definition) is 1. The molecule has 3 aliphatic rings. The average molecular weight is 212 g/mol. The number of carboxylic acids is 1. The van der Waals surface area contributed by atoms with Crippen molar-refractivity contribution in [3.05, 3.63) is 0 Å². The Morgan fingerprint density at radius 3 is 3.07 bits per heavy atom. The zero-order valence-corrected chi connectivity index (χ0v) is 8.14. The Morgan fingerprint density at radius 1 is 1.53 bits per heavy atom. The van der Waals surface area contributed by atoms with Gasteiger partial charge in [-0.05, 0) is 12.8 Å². The summed E-state index contributed by atoms with van der Waals surface area (Å²) in [5, 5.41) is 9.13. The highest BCUT2D eigenvalue weighted by Gasteiger charge is 2.64. The first kappa shape index (κ1) is 9.15. The Kier molecular flexibility index (Phi) is 1.66. The summed E-state index contributed by atoms with van der Waals surface area (Å²) in [6.07, 6.45) is 1.56. The molecule has 0 aromatic rings. The van der Waals surface area contributed by atoms with E-state index >= 15 is 0 Å². The molecule has 15 heavy (non-hydrogen) atoms. The van der Waals surface area contributed by atoms with Crippen LogP contribution >= 0.6 is 0 Å². The largest absolute Gasteiger partial charge is 0.481 e. The summed E-state index contributed by atoms with van der Waals surface area (Å²) in [6, 6.07) is 0. The summed E-state index contributed by atoms with van der Waals surface area (Å²) in [6.45, 7) is 0.233. The van der Waals surface area contributed by atoms with E-state index in [2.05, 4.69) is 0 Å². The molecule has 0 saturated carbocycles. The molecule has 5 nitrogen and oxygen atoms in total. The Labute approximate surface area is 86.4 Å². The van der Waals surface area contributed by atoms with Crippen LogP contribution in [0.1, 0.15) is 19.3 Å². The summed E-state index contributed by atoms with van der Waals surface area (Å²) in [7, 11) is 0. The maximum Gasteiger partial charge on any atom is 0.309 e. The van der Waals surface area contributed by atoms with Gasteiger partial charge in [0.2, 0.25) is 0 Å². The van der Waals surface area contributed by atoms with Gasteiger partial charge in [-0.2, -0.15) is 0 Å². The van der Waals surface area contributed by atoms with Crippen LogP contribution in [0, 0.1) is 11.8 Å². The third-order valence-electron chi connectivity index (χ3n) is 3.90. The zero-order chi connectivity index (χ0) is 10.6. The first-order valence-electron chi connectivity index (χ1n) is 5.19. The highest BCUT2D eigenvalue weighted by Crippen LogP contribution is 2.54. The predicted molar refractivity (Wildman–Crippen MR) is 47.0 cm³/mol. The molecule has 0 aliphatic carbocycles. The van der Waals surface area contributed by atoms with Gasteiger partial charge in [0.1, 0.15) is 12.2 Å². The van der Waals surface area contributed by atoms with Gasteiger partial charge < -0.3 is 14.6 Å². The molecule has 3 heterocycles. The molecule has 1 N–H and O–H groups in total. The van der Waals surface area contributed by atoms with Crippen LogP contribution in [0.5, 0.6) is 0 Å². The molecule has 5 heteroatoms. The number of cyclic esters (lactones) is 1. The molecule has 0 aromatic carbocycles. The summed E-state index contributed by atoms with van der Waals surface area (Å²) in [5.74, 6) is -1.85. The lowest BCUT2D eigenvalue weighted by atomic mass is 9.69. The first-order valence-corrected chi connectivity index (χ1v) is 5.19. The fraction of sp³-hybridized carbons (Fsp3) is 0.800. The minimum atomic E-state index is -0.846. The van der Waals surface area contributed by atoms with Gasteiger partial charge >= 0.3 is 11.9 Å². The fourth-order valence-corrected chi connectivity index (χ4v) is 3.22. The molecule has 0 radical (unpaired) electrons. The van der Waals surface area contributed by atoms with Crippen molar-refractivity contribution in [3.8, 4) is 0 Å². The minimum absolute atomic E-state index is 0.185. The number of aliphatic carboxylic acids is 1. The van der Waals surface area contributed by atoms with Crippen molar-refractivity contribution in [2.75, 3.05) is 6.61 Å². The van der Waals surface area contributed by atoms with Gasteiger partial charge in [0.05, 0.1) is 18.4 Å². The van der Waals surface area contributed by atoms with Crippen molar-refractivity contribution in [1.82, 2.24) is 0 Å². The van der Waals surface area contributed by atoms with Gasteiger partial charge in [-0.25, -0.2) is 0 Å². The second kappa shape index (κ2) is 2.72. The normalized spacial score (nSPS) is 47.5. The quantitative estimate of drug-likeness (QED) is 0.628. The number of fused-ring (bicyclic) bond motifs is 1. The van der Waals surface area contributed by atoms with E-state index in [0.29, 0.717) is 0 Å². The highest BCUT2D eigenvalue weighted by molar-refractivity contribution is 5.76. The maximum absolute atomic E-state index is 11.2. The van der Waals surface area contributed by atoms with E-state index in [-0.39, 0.29) is 31.0 Å². The van der Waals surface area contributed by atoms with Crippen LogP contribution in [0.4, 0.5) is 0 Å². The SMILES string of the molecule is O=C1C[C@@H]2[C@H](C(=O)O)[C@H]3CC[C@]2(CO1)O3. The van der Waals surface area contributed by atoms with Crippen LogP contribution < -0.4 is 0 Å². The topological polar surface area (TPSA) is 72.8 Å². The lowest BCUT2D eigenvalue weighted by Crippen LogP contribution is -2.49. The first-order chi connectivity index (χ1) is 7.12. The van der Waals surface area contributed by atoms with E-state index < -0.39 is 17.5 Å². The summed E-state index contributed by atoms with van der Waals surface area (Å²) in [4.78, 5) is 22.3. The highest BCUT2D eigenvalue weighted by atomic mass is 16.6. The van der Waals surface area contributed by atoms with Gasteiger partial charge in [0, 0.05) is 5.92 Å². The summed E-state index contributed by atoms with van der Waals surface area (Å²) < 4.78 is 10.7. The van der Waals surface area contributed by atoms with E-state index in [9.17, 15) is 9.59 Å². The van der Waals surface area contributed by atoms with Gasteiger partial charge in [-0.1, -0.05) is 0 Å². The molecule has 3 aliphatic heterocycles. The molecule has 3 saturated heterocycles. The molecule has 1 spiro atoms. The van der Waals surface area contributed by atoms with Crippen LogP contribution in [0.3, 0.4) is 0 Å². The fourth-order valence-electron chi connectivity index (χ4n) is 3.22. The minimum Gasteiger partial charge on any atom is -0.481 e. The van der Waals surface area contributed by atoms with Crippen LogP contribution in [0.25, 0.3) is 0 Å². The Bertz CT molecular complexity index is 339. The molecular weight excluding hydrogens is 200 g/mol. The third-order valence-corrected chi connectivity index (χ3v) is 3.90. The second-order valence-electron chi connectivity index (χ2n) is 4.60. The van der Waals surface area contributed by atoms with Crippen molar-refractivity contribution >= 4 is 11.9 Å². The van der Waals surface area contributed by atoms with E-state index in [1.807, 2.05) is 0 Å². The number of carbonyl (C=O) groups excluding carboxylic acids is 1. The van der Waals surface area contributed by atoms with Crippen molar-refractivity contribution in [2.24, 2.45) is 11.8 Å². The van der Waals surface area contributed by atoms with Gasteiger partial charge in [-0.15, -0.1) is 0 Å². The number of carbonyl (C=O) groups is 2. The Hall–Kier alpha value is -1.10. The molecule has 3 rings (SSSR count). The van der Waals surface area contributed by atoms with Crippen LogP contribution in [0.15, 0.2) is 0 Å². The summed E-state index contributed by atoms with van der Waals surface area (Å²) >= 11 is 0.